The number of benzene rings is 1. The molecule has 0 radical (unpaired) electrons. The molecule has 0 aliphatic heterocycles. The number of carboxylic acids is 1. The van der Waals surface area contributed by atoms with Crippen LogP contribution >= 0.6 is 0 Å². The van der Waals surface area contributed by atoms with Crippen molar-refractivity contribution in [1.82, 2.24) is 10.3 Å². The zero-order valence-corrected chi connectivity index (χ0v) is 15.1. The molecule has 1 heterocycles. The van der Waals surface area contributed by atoms with Gasteiger partial charge in [-0.15, -0.1) is 0 Å². The zero-order chi connectivity index (χ0) is 18.7. The number of nitrogens with two attached hydrogens (primary N) is 1. The van der Waals surface area contributed by atoms with Gasteiger partial charge in [-0.3, -0.25) is 4.79 Å². The first-order chi connectivity index (χ1) is 12.5. The van der Waals surface area contributed by atoms with E-state index >= 15 is 0 Å². The lowest BCUT2D eigenvalue weighted by molar-refractivity contribution is -0.149. The molecule has 1 aromatic carbocycles. The molecule has 1 aromatic heterocycles. The number of aromatic nitrogens is 1. The van der Waals surface area contributed by atoms with Gasteiger partial charge in [-0.2, -0.15) is 0 Å². The fraction of sp³-hybridized carbons (Fsp3) is 0.500. The summed E-state index contributed by atoms with van der Waals surface area (Å²) in [6.45, 7) is 1.99. The van der Waals surface area contributed by atoms with Gasteiger partial charge in [0, 0.05) is 23.0 Å². The number of carbonyl (C=O) groups excluding carboxylic acids is 1. The van der Waals surface area contributed by atoms with E-state index in [1.165, 1.54) is 0 Å². The first kappa shape index (κ1) is 18.5. The van der Waals surface area contributed by atoms with E-state index in [4.69, 9.17) is 5.73 Å². The first-order valence-electron chi connectivity index (χ1n) is 9.35. The van der Waals surface area contributed by atoms with Crippen LogP contribution in [-0.2, 0) is 9.59 Å². The Kier molecular flexibility index (Phi) is 5.32. The Balaban J connectivity index is 1.82. The normalized spacial score (nSPS) is 19.0. The predicted molar refractivity (Wildman–Crippen MR) is 101 cm³/mol. The maximum absolute atomic E-state index is 12.8. The molecule has 3 rings (SSSR count). The summed E-state index contributed by atoms with van der Waals surface area (Å²) in [6.07, 6.45) is 6.14. The Morgan fingerprint density at radius 1 is 1.27 bits per heavy atom. The highest BCUT2D eigenvalue weighted by Gasteiger charge is 2.42. The summed E-state index contributed by atoms with van der Waals surface area (Å²) in [4.78, 5) is 27.9. The summed E-state index contributed by atoms with van der Waals surface area (Å²) >= 11 is 0. The van der Waals surface area contributed by atoms with E-state index in [9.17, 15) is 14.7 Å². The number of aromatic amines is 1. The van der Waals surface area contributed by atoms with E-state index in [1.54, 1.807) is 0 Å². The van der Waals surface area contributed by atoms with Gasteiger partial charge >= 0.3 is 5.97 Å². The van der Waals surface area contributed by atoms with E-state index in [0.717, 1.165) is 35.7 Å². The third-order valence-corrected chi connectivity index (χ3v) is 5.68. The second kappa shape index (κ2) is 7.50. The smallest absolute Gasteiger partial charge is 0.329 e. The van der Waals surface area contributed by atoms with E-state index in [2.05, 4.69) is 10.3 Å². The molecule has 1 amide bonds. The largest absolute Gasteiger partial charge is 0.480 e. The quantitative estimate of drug-likeness (QED) is 0.637. The average molecular weight is 357 g/mol. The standard InChI is InChI=1S/C20H27N3O3/c1-2-13(15-12-22-16-9-5-4-8-14(15)16)17(21)18(24)23-20(19(25)26)10-6-3-7-11-20/h4-5,8-9,12-13,17,22H,2-3,6-7,10-11,21H2,1H3,(H,23,24)(H,25,26). The number of carbonyl (C=O) groups is 2. The van der Waals surface area contributed by atoms with Gasteiger partial charge in [-0.1, -0.05) is 44.4 Å². The van der Waals surface area contributed by atoms with E-state index in [0.29, 0.717) is 19.3 Å². The molecule has 2 atom stereocenters. The molecule has 0 bridgehead atoms. The number of hydrogen-bond donors (Lipinski definition) is 4. The SMILES string of the molecule is CCC(c1c[nH]c2ccccc12)C(N)C(=O)NC1(C(=O)O)CCCCC1. The van der Waals surface area contributed by atoms with Crippen LogP contribution in [0.15, 0.2) is 30.5 Å². The Hall–Kier alpha value is -2.34. The monoisotopic (exact) mass is 357 g/mol. The van der Waals surface area contributed by atoms with Gasteiger partial charge in [0.15, 0.2) is 0 Å². The molecular weight excluding hydrogens is 330 g/mol. The van der Waals surface area contributed by atoms with Gasteiger partial charge < -0.3 is 21.1 Å². The molecule has 6 nitrogen and oxygen atoms in total. The van der Waals surface area contributed by atoms with Crippen LogP contribution in [-0.4, -0.2) is 33.5 Å². The van der Waals surface area contributed by atoms with Gasteiger partial charge in [-0.25, -0.2) is 4.79 Å². The lowest BCUT2D eigenvalue weighted by atomic mass is 9.80. The Labute approximate surface area is 153 Å². The van der Waals surface area contributed by atoms with E-state index in [-0.39, 0.29) is 11.8 Å². The van der Waals surface area contributed by atoms with Crippen molar-refractivity contribution < 1.29 is 14.7 Å². The minimum atomic E-state index is -1.18. The van der Waals surface area contributed by atoms with Crippen LogP contribution in [0.25, 0.3) is 10.9 Å². The molecule has 1 aliphatic carbocycles. The number of para-hydroxylation sites is 1. The molecule has 5 N–H and O–H groups in total. The number of amides is 1. The zero-order valence-electron chi connectivity index (χ0n) is 15.1. The van der Waals surface area contributed by atoms with Gasteiger partial charge in [0.25, 0.3) is 0 Å². The summed E-state index contributed by atoms with van der Waals surface area (Å²) in [5.74, 6) is -1.52. The van der Waals surface area contributed by atoms with Crippen molar-refractivity contribution in [1.29, 1.82) is 0 Å². The lowest BCUT2D eigenvalue weighted by Crippen LogP contribution is -2.59. The highest BCUT2D eigenvalue weighted by molar-refractivity contribution is 5.91. The number of nitrogens with one attached hydrogen (secondary N) is 2. The molecule has 6 heteroatoms. The summed E-state index contributed by atoms with van der Waals surface area (Å²) in [7, 11) is 0. The lowest BCUT2D eigenvalue weighted by Gasteiger charge is -2.35. The maximum atomic E-state index is 12.8. The molecule has 1 aliphatic rings. The van der Waals surface area contributed by atoms with Crippen molar-refractivity contribution in [2.75, 3.05) is 0 Å². The van der Waals surface area contributed by atoms with Gasteiger partial charge in [0.05, 0.1) is 6.04 Å². The molecule has 26 heavy (non-hydrogen) atoms. The predicted octanol–water partition coefficient (Wildman–Crippen LogP) is 2.89. The average Bonchev–Trinajstić information content (AvgIpc) is 3.07. The summed E-state index contributed by atoms with van der Waals surface area (Å²) in [5.41, 5.74) is 7.14. The number of H-pyrrole nitrogens is 1. The summed E-state index contributed by atoms with van der Waals surface area (Å²) in [5, 5.41) is 13.5. The topological polar surface area (TPSA) is 108 Å². The molecular formula is C20H27N3O3. The van der Waals surface area contributed by atoms with E-state index in [1.807, 2.05) is 37.4 Å². The van der Waals surface area contributed by atoms with Crippen molar-refractivity contribution in [3.8, 4) is 0 Å². The van der Waals surface area contributed by atoms with Gasteiger partial charge in [0.2, 0.25) is 5.91 Å². The Morgan fingerprint density at radius 2 is 1.96 bits per heavy atom. The third-order valence-electron chi connectivity index (χ3n) is 5.68. The Bertz CT molecular complexity index is 792. The molecule has 0 spiro atoms. The van der Waals surface area contributed by atoms with Crippen molar-refractivity contribution in [2.45, 2.75) is 62.9 Å². The second-order valence-electron chi connectivity index (χ2n) is 7.27. The molecule has 0 saturated heterocycles. The first-order valence-corrected chi connectivity index (χ1v) is 9.35. The van der Waals surface area contributed by atoms with Crippen LogP contribution in [0.3, 0.4) is 0 Å². The van der Waals surface area contributed by atoms with Crippen LogP contribution in [0, 0.1) is 0 Å². The summed E-state index contributed by atoms with van der Waals surface area (Å²) in [6, 6.07) is 7.11. The maximum Gasteiger partial charge on any atom is 0.329 e. The number of aliphatic carboxylic acids is 1. The summed E-state index contributed by atoms with van der Waals surface area (Å²) < 4.78 is 0. The highest BCUT2D eigenvalue weighted by atomic mass is 16.4. The van der Waals surface area contributed by atoms with Gasteiger partial charge in [-0.05, 0) is 30.9 Å². The van der Waals surface area contributed by atoms with Crippen molar-refractivity contribution in [3.63, 3.8) is 0 Å². The number of fused-ring (bicyclic) bond motifs is 1. The van der Waals surface area contributed by atoms with Crippen LogP contribution < -0.4 is 11.1 Å². The molecule has 1 fully saturated rings. The molecule has 2 unspecified atom stereocenters. The van der Waals surface area contributed by atoms with E-state index < -0.39 is 17.6 Å². The van der Waals surface area contributed by atoms with Crippen LogP contribution in [0.4, 0.5) is 0 Å². The molecule has 1 saturated carbocycles. The van der Waals surface area contributed by atoms with Crippen molar-refractivity contribution in [3.05, 3.63) is 36.0 Å². The highest BCUT2D eigenvalue weighted by Crippen LogP contribution is 2.32. The fourth-order valence-electron chi connectivity index (χ4n) is 4.12. The van der Waals surface area contributed by atoms with Crippen LogP contribution in [0.2, 0.25) is 0 Å². The Morgan fingerprint density at radius 3 is 2.62 bits per heavy atom. The van der Waals surface area contributed by atoms with Crippen molar-refractivity contribution in [2.24, 2.45) is 5.73 Å². The minimum Gasteiger partial charge on any atom is -0.480 e. The van der Waals surface area contributed by atoms with Crippen LogP contribution in [0.1, 0.15) is 56.9 Å². The van der Waals surface area contributed by atoms with Crippen molar-refractivity contribution >= 4 is 22.8 Å². The number of hydrogen-bond acceptors (Lipinski definition) is 3. The third kappa shape index (κ3) is 3.33. The molecule has 2 aromatic rings. The number of carboxylic acid groups (broad SMARTS) is 1. The minimum absolute atomic E-state index is 0.180. The van der Waals surface area contributed by atoms with Gasteiger partial charge in [0.1, 0.15) is 5.54 Å². The number of rotatable bonds is 6. The van der Waals surface area contributed by atoms with Crippen LogP contribution in [0.5, 0.6) is 0 Å². The molecule has 140 valence electrons. The second-order valence-corrected chi connectivity index (χ2v) is 7.27. The fourth-order valence-corrected chi connectivity index (χ4v) is 4.12.